The molecule has 0 atom stereocenters. The van der Waals surface area contributed by atoms with Crippen molar-refractivity contribution >= 4 is 17.1 Å². The lowest BCUT2D eigenvalue weighted by Gasteiger charge is -2.33. The van der Waals surface area contributed by atoms with E-state index >= 15 is 0 Å². The molecule has 5 heterocycles. The van der Waals surface area contributed by atoms with Crippen LogP contribution in [-0.2, 0) is 11.2 Å². The maximum atomic E-state index is 13.3. The zero-order valence-corrected chi connectivity index (χ0v) is 18.0. The van der Waals surface area contributed by atoms with Crippen LogP contribution in [0.3, 0.4) is 0 Å². The lowest BCUT2D eigenvalue weighted by atomic mass is 10.0. The summed E-state index contributed by atoms with van der Waals surface area (Å²) in [7, 11) is 0. The van der Waals surface area contributed by atoms with Crippen LogP contribution in [-0.4, -0.2) is 51.3 Å². The Balaban J connectivity index is 1.52. The summed E-state index contributed by atoms with van der Waals surface area (Å²) >= 11 is 0. The lowest BCUT2D eigenvalue weighted by molar-refractivity contribution is -0.122. The summed E-state index contributed by atoms with van der Waals surface area (Å²) in [5, 5.41) is 3.37. The second-order valence-corrected chi connectivity index (χ2v) is 8.10. The van der Waals surface area contributed by atoms with Crippen molar-refractivity contribution in [2.24, 2.45) is 0 Å². The average molecular weight is 414 g/mol. The molecular formula is C25H27N5O. The molecule has 1 fully saturated rings. The molecule has 0 spiro atoms. The third-order valence-corrected chi connectivity index (χ3v) is 5.97. The summed E-state index contributed by atoms with van der Waals surface area (Å²) < 4.78 is 2.06. The predicted octanol–water partition coefficient (Wildman–Crippen LogP) is 3.19. The molecule has 6 heteroatoms. The number of carbonyl (C=O) groups is 1. The first-order valence-corrected chi connectivity index (χ1v) is 10.9. The van der Waals surface area contributed by atoms with Gasteiger partial charge in [-0.2, -0.15) is 0 Å². The number of carbonyl (C=O) groups excluding carboxylic acids is 1. The minimum atomic E-state index is -0.0393. The fraction of sp³-hybridized carbons (Fsp3) is 0.280. The Kier molecular flexibility index (Phi) is 5.08. The maximum Gasteiger partial charge on any atom is 0.255 e. The van der Waals surface area contributed by atoms with Gasteiger partial charge in [0.25, 0.3) is 5.91 Å². The summed E-state index contributed by atoms with van der Waals surface area (Å²) in [5.74, 6) is -0.0393. The van der Waals surface area contributed by atoms with Gasteiger partial charge >= 0.3 is 0 Å². The van der Waals surface area contributed by atoms with Gasteiger partial charge in [0.15, 0.2) is 0 Å². The van der Waals surface area contributed by atoms with Gasteiger partial charge in [-0.1, -0.05) is 19.1 Å². The van der Waals surface area contributed by atoms with E-state index in [-0.39, 0.29) is 5.91 Å². The first-order chi connectivity index (χ1) is 15.1. The van der Waals surface area contributed by atoms with Crippen molar-refractivity contribution in [3.05, 3.63) is 89.3 Å². The number of pyridine rings is 1. The summed E-state index contributed by atoms with van der Waals surface area (Å²) in [6, 6.07) is 2.15. The first-order valence-electron chi connectivity index (χ1n) is 10.9. The molecule has 6 nitrogen and oxygen atoms in total. The second kappa shape index (κ2) is 8.04. The van der Waals surface area contributed by atoms with E-state index < -0.39 is 0 Å². The van der Waals surface area contributed by atoms with Gasteiger partial charge in [-0.25, -0.2) is 4.98 Å². The third-order valence-electron chi connectivity index (χ3n) is 5.97. The molecule has 0 radical (unpaired) electrons. The highest BCUT2D eigenvalue weighted by atomic mass is 16.2. The molecule has 31 heavy (non-hydrogen) atoms. The highest BCUT2D eigenvalue weighted by molar-refractivity contribution is 6.00. The molecule has 1 amide bonds. The number of hydrogen-bond acceptors (Lipinski definition) is 4. The molecule has 0 saturated carbocycles. The Morgan fingerprint density at radius 1 is 1.10 bits per heavy atom. The number of aromatic nitrogens is 2. The Hall–Kier alpha value is -3.38. The number of nitrogens with zero attached hydrogens (tertiary/aromatic N) is 4. The molecule has 0 bridgehead atoms. The molecule has 1 N–H and O–H groups in total. The van der Waals surface area contributed by atoms with Crippen molar-refractivity contribution < 1.29 is 4.79 Å². The van der Waals surface area contributed by atoms with Crippen LogP contribution in [0.4, 0.5) is 0 Å². The number of nitrogens with one attached hydrogen (secondary N) is 1. The molecule has 1 saturated heterocycles. The fourth-order valence-electron chi connectivity index (χ4n) is 4.33. The number of allylic oxidation sites excluding steroid dienone is 6. The van der Waals surface area contributed by atoms with E-state index in [4.69, 9.17) is 0 Å². The highest BCUT2D eigenvalue weighted by Gasteiger charge is 2.21. The number of rotatable bonds is 3. The van der Waals surface area contributed by atoms with E-state index in [9.17, 15) is 4.79 Å². The minimum Gasteiger partial charge on any atom is -0.368 e. The molecular weight excluding hydrogens is 386 g/mol. The number of imidazole rings is 1. The molecule has 0 aliphatic carbocycles. The van der Waals surface area contributed by atoms with Gasteiger partial charge in [-0.3, -0.25) is 9.69 Å². The van der Waals surface area contributed by atoms with Crippen molar-refractivity contribution in [2.45, 2.75) is 20.3 Å². The molecule has 0 aromatic carbocycles. The number of fused-ring (bicyclic) bond motifs is 2. The van der Waals surface area contributed by atoms with Gasteiger partial charge in [0.05, 0.1) is 11.4 Å². The molecule has 2 aromatic heterocycles. The van der Waals surface area contributed by atoms with Crippen LogP contribution in [0.1, 0.15) is 23.7 Å². The van der Waals surface area contributed by atoms with Crippen LogP contribution in [0.25, 0.3) is 11.2 Å². The standard InChI is InChI=1S/C25H27N5O/c1-3-19-13-21(16-29-15-18(2)27-25(19)29)20-5-4-6-22-7-8-23(17-30(22)24(31)14-20)28-11-9-26-10-12-28/h4-8,13-17,26H,3,9-12H2,1-2H3/b5-4+,20-14+,22-6+. The Morgan fingerprint density at radius 2 is 1.90 bits per heavy atom. The van der Waals surface area contributed by atoms with Crippen LogP contribution >= 0.6 is 0 Å². The Labute approximate surface area is 182 Å². The summed E-state index contributed by atoms with van der Waals surface area (Å²) in [4.78, 5) is 22.0. The molecule has 3 aliphatic rings. The first kappa shape index (κ1) is 19.6. The van der Waals surface area contributed by atoms with E-state index in [2.05, 4.69) is 44.9 Å². The van der Waals surface area contributed by atoms with Crippen molar-refractivity contribution in [1.29, 1.82) is 0 Å². The smallest absolute Gasteiger partial charge is 0.255 e. The van der Waals surface area contributed by atoms with E-state index in [0.29, 0.717) is 0 Å². The van der Waals surface area contributed by atoms with E-state index in [0.717, 1.165) is 66.5 Å². The number of aryl methyl sites for hydroxylation is 2. The second-order valence-electron chi connectivity index (χ2n) is 8.10. The van der Waals surface area contributed by atoms with E-state index in [1.165, 1.54) is 5.56 Å². The number of hydrogen-bond donors (Lipinski definition) is 1. The zero-order chi connectivity index (χ0) is 21.4. The highest BCUT2D eigenvalue weighted by Crippen LogP contribution is 2.26. The third kappa shape index (κ3) is 3.75. The van der Waals surface area contributed by atoms with Gasteiger partial charge in [0.2, 0.25) is 0 Å². The molecule has 3 aliphatic heterocycles. The normalized spacial score (nSPS) is 23.4. The Bertz CT molecular complexity index is 1190. The average Bonchev–Trinajstić information content (AvgIpc) is 3.17. The monoisotopic (exact) mass is 413 g/mol. The van der Waals surface area contributed by atoms with Crippen LogP contribution in [0, 0.1) is 6.92 Å². The van der Waals surface area contributed by atoms with Crippen molar-refractivity contribution in [1.82, 2.24) is 24.5 Å². The number of amides is 1. The largest absolute Gasteiger partial charge is 0.368 e. The van der Waals surface area contributed by atoms with Gasteiger partial charge < -0.3 is 14.6 Å². The van der Waals surface area contributed by atoms with Crippen molar-refractivity contribution in [3.63, 3.8) is 0 Å². The van der Waals surface area contributed by atoms with Gasteiger partial charge in [-0.05, 0) is 54.3 Å². The molecule has 5 rings (SSSR count). The minimum absolute atomic E-state index is 0.0393. The van der Waals surface area contributed by atoms with Crippen molar-refractivity contribution in [2.75, 3.05) is 26.2 Å². The quantitative estimate of drug-likeness (QED) is 0.840. The van der Waals surface area contributed by atoms with Crippen molar-refractivity contribution in [3.8, 4) is 0 Å². The van der Waals surface area contributed by atoms with Crippen LogP contribution in [0.15, 0.2) is 72.5 Å². The van der Waals surface area contributed by atoms with Crippen LogP contribution in [0.5, 0.6) is 0 Å². The van der Waals surface area contributed by atoms with Crippen LogP contribution < -0.4 is 5.32 Å². The SMILES string of the molecule is CCc1cc(C2=C\C(=O)N3C=C(N4CCNCC4)C=C\C3=C/C=C/2)cn2cc(C)nc12. The fourth-order valence-corrected chi connectivity index (χ4v) is 4.33. The summed E-state index contributed by atoms with van der Waals surface area (Å²) in [6.45, 7) is 7.96. The van der Waals surface area contributed by atoms with Crippen LogP contribution in [0.2, 0.25) is 0 Å². The van der Waals surface area contributed by atoms with Gasteiger partial charge in [-0.15, -0.1) is 0 Å². The van der Waals surface area contributed by atoms with E-state index in [1.807, 2.05) is 43.6 Å². The predicted molar refractivity (Wildman–Crippen MR) is 123 cm³/mol. The van der Waals surface area contributed by atoms with E-state index in [1.54, 1.807) is 11.0 Å². The zero-order valence-electron chi connectivity index (χ0n) is 18.0. The topological polar surface area (TPSA) is 52.9 Å². The molecule has 158 valence electrons. The van der Waals surface area contributed by atoms with Gasteiger partial charge in [0.1, 0.15) is 5.65 Å². The van der Waals surface area contributed by atoms with Gasteiger partial charge in [0, 0.05) is 56.5 Å². The lowest BCUT2D eigenvalue weighted by Crippen LogP contribution is -2.43. The molecule has 0 unspecified atom stereocenters. The Morgan fingerprint density at radius 3 is 2.71 bits per heavy atom. The maximum absolute atomic E-state index is 13.3. The summed E-state index contributed by atoms with van der Waals surface area (Å²) in [6.07, 6.45) is 18.8. The summed E-state index contributed by atoms with van der Waals surface area (Å²) in [5.41, 5.74) is 7.02. The number of piperazine rings is 1. The molecule has 2 aromatic rings.